The summed E-state index contributed by atoms with van der Waals surface area (Å²) in [5.74, 6) is 1.58. The second-order valence-electron chi connectivity index (χ2n) is 3.68. The molecular weight excluding hydrogens is 228 g/mol. The molecule has 0 radical (unpaired) electrons. The first-order valence-corrected chi connectivity index (χ1v) is 5.71. The van der Waals surface area contributed by atoms with E-state index in [9.17, 15) is 4.79 Å². The van der Waals surface area contributed by atoms with Crippen molar-refractivity contribution in [3.8, 4) is 5.75 Å². The Hall–Kier alpha value is -2.36. The van der Waals surface area contributed by atoms with E-state index in [0.717, 1.165) is 17.9 Å². The molecule has 2 aromatic rings. The van der Waals surface area contributed by atoms with Crippen molar-refractivity contribution in [3.05, 3.63) is 54.2 Å². The maximum atomic E-state index is 10.5. The number of hydrogen-bond donors (Lipinski definition) is 1. The lowest BCUT2D eigenvalue weighted by Gasteiger charge is -2.07. The molecule has 0 aliphatic heterocycles. The third-order valence-corrected chi connectivity index (χ3v) is 2.36. The lowest BCUT2D eigenvalue weighted by Crippen LogP contribution is -2.12. The molecule has 0 aliphatic rings. The highest BCUT2D eigenvalue weighted by atomic mass is 16.5. The van der Waals surface area contributed by atoms with Crippen LogP contribution in [0.1, 0.15) is 10.4 Å². The van der Waals surface area contributed by atoms with Gasteiger partial charge in [0.15, 0.2) is 0 Å². The molecule has 4 nitrogen and oxygen atoms in total. The van der Waals surface area contributed by atoms with Gasteiger partial charge in [-0.3, -0.25) is 4.79 Å². The largest absolute Gasteiger partial charge is 0.492 e. The van der Waals surface area contributed by atoms with Crippen LogP contribution in [-0.4, -0.2) is 24.4 Å². The summed E-state index contributed by atoms with van der Waals surface area (Å²) in [4.78, 5) is 14.6. The van der Waals surface area contributed by atoms with Crippen molar-refractivity contribution in [2.75, 3.05) is 18.5 Å². The summed E-state index contributed by atoms with van der Waals surface area (Å²) in [6.07, 6.45) is 2.55. The van der Waals surface area contributed by atoms with Gasteiger partial charge in [-0.2, -0.15) is 0 Å². The van der Waals surface area contributed by atoms with E-state index >= 15 is 0 Å². The molecule has 1 heterocycles. The van der Waals surface area contributed by atoms with Crippen LogP contribution in [0.5, 0.6) is 5.75 Å². The minimum absolute atomic E-state index is 0.539. The molecule has 0 spiro atoms. The molecule has 0 fully saturated rings. The van der Waals surface area contributed by atoms with Crippen molar-refractivity contribution in [1.29, 1.82) is 0 Å². The summed E-state index contributed by atoms with van der Waals surface area (Å²) in [5.41, 5.74) is 0.647. The molecule has 0 bridgehead atoms. The van der Waals surface area contributed by atoms with Gasteiger partial charge in [0.2, 0.25) is 0 Å². The molecule has 0 unspecified atom stereocenters. The number of aldehydes is 1. The van der Waals surface area contributed by atoms with Crippen molar-refractivity contribution in [1.82, 2.24) is 4.98 Å². The normalized spacial score (nSPS) is 9.78. The summed E-state index contributed by atoms with van der Waals surface area (Å²) in [5, 5.41) is 3.15. The lowest BCUT2D eigenvalue weighted by molar-refractivity contribution is 0.112. The Bertz CT molecular complexity index is 483. The van der Waals surface area contributed by atoms with Crippen LogP contribution in [0.3, 0.4) is 0 Å². The quantitative estimate of drug-likeness (QED) is 0.624. The summed E-state index contributed by atoms with van der Waals surface area (Å²) in [6, 6.07) is 12.7. The maximum Gasteiger partial charge on any atom is 0.150 e. The van der Waals surface area contributed by atoms with Crippen molar-refractivity contribution >= 4 is 12.1 Å². The van der Waals surface area contributed by atoms with Crippen molar-refractivity contribution < 1.29 is 9.53 Å². The third-order valence-electron chi connectivity index (χ3n) is 2.36. The highest BCUT2D eigenvalue weighted by Gasteiger charge is 1.95. The average molecular weight is 242 g/mol. The Labute approximate surface area is 106 Å². The molecule has 1 N–H and O–H groups in total. The Morgan fingerprint density at radius 1 is 1.17 bits per heavy atom. The minimum Gasteiger partial charge on any atom is -0.492 e. The van der Waals surface area contributed by atoms with Crippen LogP contribution in [0.25, 0.3) is 0 Å². The van der Waals surface area contributed by atoms with Crippen LogP contribution in [0.15, 0.2) is 48.7 Å². The number of benzene rings is 1. The van der Waals surface area contributed by atoms with Gasteiger partial charge in [0.05, 0.1) is 6.54 Å². The van der Waals surface area contributed by atoms with Crippen LogP contribution < -0.4 is 10.1 Å². The zero-order valence-electron chi connectivity index (χ0n) is 9.87. The van der Waals surface area contributed by atoms with E-state index in [1.165, 1.54) is 0 Å². The molecular formula is C14H14N2O2. The highest BCUT2D eigenvalue weighted by Crippen LogP contribution is 2.10. The number of anilines is 1. The van der Waals surface area contributed by atoms with Gasteiger partial charge in [0.25, 0.3) is 0 Å². The van der Waals surface area contributed by atoms with E-state index in [1.54, 1.807) is 30.5 Å². The van der Waals surface area contributed by atoms with E-state index in [0.29, 0.717) is 18.7 Å². The summed E-state index contributed by atoms with van der Waals surface area (Å²) >= 11 is 0. The van der Waals surface area contributed by atoms with Crippen LogP contribution in [0.4, 0.5) is 5.82 Å². The van der Waals surface area contributed by atoms with Gasteiger partial charge in [0.1, 0.15) is 24.5 Å². The van der Waals surface area contributed by atoms with Crippen molar-refractivity contribution in [2.45, 2.75) is 0 Å². The van der Waals surface area contributed by atoms with Crippen LogP contribution in [0, 0.1) is 0 Å². The minimum atomic E-state index is 0.539. The number of carbonyl (C=O) groups is 1. The van der Waals surface area contributed by atoms with Crippen LogP contribution in [0.2, 0.25) is 0 Å². The SMILES string of the molecule is O=Cc1ccc(OCCNc2ccccn2)cc1. The number of carbonyl (C=O) groups excluding carboxylic acids is 1. The standard InChI is InChI=1S/C14H14N2O2/c17-11-12-4-6-13(7-5-12)18-10-9-16-14-3-1-2-8-15-14/h1-8,11H,9-10H2,(H,15,16). The molecule has 0 amide bonds. The number of pyridine rings is 1. The van der Waals surface area contributed by atoms with Gasteiger partial charge in [-0.15, -0.1) is 0 Å². The monoisotopic (exact) mass is 242 g/mol. The second kappa shape index (κ2) is 6.39. The second-order valence-corrected chi connectivity index (χ2v) is 3.68. The lowest BCUT2D eigenvalue weighted by atomic mass is 10.2. The van der Waals surface area contributed by atoms with Gasteiger partial charge >= 0.3 is 0 Å². The fourth-order valence-electron chi connectivity index (χ4n) is 1.46. The molecule has 92 valence electrons. The number of aromatic nitrogens is 1. The van der Waals surface area contributed by atoms with Crippen molar-refractivity contribution in [3.63, 3.8) is 0 Å². The molecule has 2 rings (SSSR count). The fourth-order valence-corrected chi connectivity index (χ4v) is 1.46. The Morgan fingerprint density at radius 2 is 2.00 bits per heavy atom. The molecule has 18 heavy (non-hydrogen) atoms. The smallest absolute Gasteiger partial charge is 0.150 e. The highest BCUT2D eigenvalue weighted by molar-refractivity contribution is 5.74. The number of nitrogens with zero attached hydrogens (tertiary/aromatic N) is 1. The molecule has 0 saturated carbocycles. The van der Waals surface area contributed by atoms with E-state index in [1.807, 2.05) is 18.2 Å². The Kier molecular flexibility index (Phi) is 4.30. The predicted molar refractivity (Wildman–Crippen MR) is 70.1 cm³/mol. The predicted octanol–water partition coefficient (Wildman–Crippen LogP) is 2.39. The molecule has 1 aromatic heterocycles. The number of ether oxygens (including phenoxy) is 1. The Balaban J connectivity index is 1.73. The van der Waals surface area contributed by atoms with E-state index < -0.39 is 0 Å². The van der Waals surface area contributed by atoms with E-state index in [2.05, 4.69) is 10.3 Å². The fraction of sp³-hybridized carbons (Fsp3) is 0.143. The first kappa shape index (κ1) is 12.1. The zero-order valence-corrected chi connectivity index (χ0v) is 9.87. The van der Waals surface area contributed by atoms with E-state index in [4.69, 9.17) is 4.74 Å². The summed E-state index contributed by atoms with van der Waals surface area (Å²) in [7, 11) is 0. The number of hydrogen-bond acceptors (Lipinski definition) is 4. The molecule has 0 atom stereocenters. The van der Waals surface area contributed by atoms with Crippen LogP contribution >= 0.6 is 0 Å². The maximum absolute atomic E-state index is 10.5. The average Bonchev–Trinajstić information content (AvgIpc) is 2.45. The molecule has 0 aliphatic carbocycles. The van der Waals surface area contributed by atoms with Gasteiger partial charge in [-0.1, -0.05) is 6.07 Å². The van der Waals surface area contributed by atoms with Gasteiger partial charge in [-0.25, -0.2) is 4.98 Å². The molecule has 4 heteroatoms. The van der Waals surface area contributed by atoms with Crippen LogP contribution in [-0.2, 0) is 0 Å². The summed E-state index contributed by atoms with van der Waals surface area (Å²) < 4.78 is 5.52. The van der Waals surface area contributed by atoms with Gasteiger partial charge in [0, 0.05) is 11.8 Å². The number of nitrogens with one attached hydrogen (secondary N) is 1. The molecule has 1 aromatic carbocycles. The third kappa shape index (κ3) is 3.59. The number of rotatable bonds is 6. The first-order valence-electron chi connectivity index (χ1n) is 5.71. The zero-order chi connectivity index (χ0) is 12.6. The van der Waals surface area contributed by atoms with E-state index in [-0.39, 0.29) is 0 Å². The van der Waals surface area contributed by atoms with Gasteiger partial charge in [-0.05, 0) is 36.4 Å². The summed E-state index contributed by atoms with van der Waals surface area (Å²) in [6.45, 7) is 1.21. The van der Waals surface area contributed by atoms with Crippen molar-refractivity contribution in [2.24, 2.45) is 0 Å². The topological polar surface area (TPSA) is 51.2 Å². The van der Waals surface area contributed by atoms with Gasteiger partial charge < -0.3 is 10.1 Å². The Morgan fingerprint density at radius 3 is 2.67 bits per heavy atom. The first-order chi connectivity index (χ1) is 8.88. The molecule has 0 saturated heterocycles.